The Bertz CT molecular complexity index is 520. The van der Waals surface area contributed by atoms with Crippen molar-refractivity contribution in [3.05, 3.63) is 29.8 Å². The fourth-order valence-electron chi connectivity index (χ4n) is 2.37. The second kappa shape index (κ2) is 13.4. The maximum Gasteiger partial charge on any atom is 0.191 e. The lowest BCUT2D eigenvalue weighted by Gasteiger charge is -2.18. The molecule has 0 aliphatic carbocycles. The normalized spacial score (nSPS) is 11.9. The van der Waals surface area contributed by atoms with Crippen molar-refractivity contribution < 1.29 is 9.47 Å². The molecule has 0 amide bonds. The van der Waals surface area contributed by atoms with E-state index in [2.05, 4.69) is 53.6 Å². The first-order valence-electron chi connectivity index (χ1n) is 9.39. The number of hydrogen-bond acceptors (Lipinski definition) is 4. The zero-order valence-electron chi connectivity index (χ0n) is 17.0. The van der Waals surface area contributed by atoms with E-state index in [0.717, 1.165) is 51.0 Å². The summed E-state index contributed by atoms with van der Waals surface area (Å²) in [6.07, 6.45) is 1.05. The molecule has 6 heteroatoms. The first-order chi connectivity index (χ1) is 12.5. The zero-order valence-corrected chi connectivity index (χ0v) is 17.0. The Balaban J connectivity index is 2.32. The number of nitrogens with zero attached hydrogens (tertiary/aromatic N) is 2. The molecule has 26 heavy (non-hydrogen) atoms. The van der Waals surface area contributed by atoms with E-state index >= 15 is 0 Å². The van der Waals surface area contributed by atoms with Gasteiger partial charge in [-0.2, -0.15) is 0 Å². The van der Waals surface area contributed by atoms with Crippen LogP contribution in [0.3, 0.4) is 0 Å². The summed E-state index contributed by atoms with van der Waals surface area (Å²) in [6.45, 7) is 9.39. The van der Waals surface area contributed by atoms with Crippen molar-refractivity contribution >= 4 is 5.96 Å². The Kier molecular flexibility index (Phi) is 11.5. The largest absolute Gasteiger partial charge is 0.493 e. The van der Waals surface area contributed by atoms with Gasteiger partial charge in [-0.1, -0.05) is 26.0 Å². The quantitative estimate of drug-likeness (QED) is 0.339. The molecule has 0 saturated heterocycles. The molecule has 0 atom stereocenters. The van der Waals surface area contributed by atoms with Crippen molar-refractivity contribution in [2.24, 2.45) is 10.9 Å². The van der Waals surface area contributed by atoms with E-state index in [1.807, 2.05) is 12.1 Å². The van der Waals surface area contributed by atoms with Gasteiger partial charge in [0, 0.05) is 46.9 Å². The molecular weight excluding hydrogens is 328 g/mol. The van der Waals surface area contributed by atoms with Crippen LogP contribution in [-0.4, -0.2) is 64.9 Å². The van der Waals surface area contributed by atoms with Gasteiger partial charge in [0.2, 0.25) is 0 Å². The van der Waals surface area contributed by atoms with Crippen LogP contribution in [0.15, 0.2) is 29.3 Å². The zero-order chi connectivity index (χ0) is 19.2. The summed E-state index contributed by atoms with van der Waals surface area (Å²) in [7, 11) is 5.65. The van der Waals surface area contributed by atoms with Crippen molar-refractivity contribution in [1.82, 2.24) is 15.5 Å². The lowest BCUT2D eigenvalue weighted by Crippen LogP contribution is -2.40. The molecule has 1 aromatic carbocycles. The Morgan fingerprint density at radius 1 is 1.23 bits per heavy atom. The molecular formula is C20H36N4O2. The van der Waals surface area contributed by atoms with Gasteiger partial charge in [-0.25, -0.2) is 0 Å². The first-order valence-corrected chi connectivity index (χ1v) is 9.39. The Hall–Kier alpha value is -1.79. The summed E-state index contributed by atoms with van der Waals surface area (Å²) in [5, 5.41) is 6.70. The van der Waals surface area contributed by atoms with Gasteiger partial charge in [-0.05, 0) is 37.1 Å². The van der Waals surface area contributed by atoms with Gasteiger partial charge in [-0.3, -0.25) is 4.99 Å². The van der Waals surface area contributed by atoms with Crippen LogP contribution in [0.2, 0.25) is 0 Å². The molecule has 0 aliphatic rings. The van der Waals surface area contributed by atoms with E-state index < -0.39 is 0 Å². The molecule has 0 aromatic heterocycles. The first kappa shape index (κ1) is 22.3. The molecule has 0 fully saturated rings. The molecule has 1 aromatic rings. The molecule has 0 aliphatic heterocycles. The third kappa shape index (κ3) is 10.3. The molecule has 0 bridgehead atoms. The van der Waals surface area contributed by atoms with Gasteiger partial charge in [0.05, 0.1) is 6.61 Å². The minimum Gasteiger partial charge on any atom is -0.493 e. The monoisotopic (exact) mass is 364 g/mol. The Labute approximate surface area is 159 Å². The number of likely N-dealkylation sites (N-methyl/N-ethyl adjacent to an activating group) is 1. The predicted octanol–water partition coefficient (Wildman–Crippen LogP) is 2.35. The van der Waals surface area contributed by atoms with Gasteiger partial charge in [0.1, 0.15) is 5.75 Å². The SMILES string of the molecule is CN=C(NCCN(C)CCCOC)NCc1cccc(OCC(C)C)c1. The minimum absolute atomic E-state index is 0.521. The van der Waals surface area contributed by atoms with E-state index in [4.69, 9.17) is 9.47 Å². The van der Waals surface area contributed by atoms with E-state index in [0.29, 0.717) is 12.5 Å². The van der Waals surface area contributed by atoms with Crippen molar-refractivity contribution in [2.75, 3.05) is 54.1 Å². The van der Waals surface area contributed by atoms with Crippen LogP contribution >= 0.6 is 0 Å². The summed E-state index contributed by atoms with van der Waals surface area (Å²) in [6, 6.07) is 8.19. The number of nitrogens with one attached hydrogen (secondary N) is 2. The molecule has 6 nitrogen and oxygen atoms in total. The second-order valence-corrected chi connectivity index (χ2v) is 6.85. The van der Waals surface area contributed by atoms with Crippen LogP contribution in [0.25, 0.3) is 0 Å². The van der Waals surface area contributed by atoms with E-state index in [1.165, 1.54) is 5.56 Å². The average Bonchev–Trinajstić information content (AvgIpc) is 2.63. The van der Waals surface area contributed by atoms with Crippen molar-refractivity contribution in [3.8, 4) is 5.75 Å². The van der Waals surface area contributed by atoms with Crippen molar-refractivity contribution in [2.45, 2.75) is 26.8 Å². The van der Waals surface area contributed by atoms with Gasteiger partial charge >= 0.3 is 0 Å². The molecule has 0 unspecified atom stereocenters. The summed E-state index contributed by atoms with van der Waals surface area (Å²) < 4.78 is 10.9. The van der Waals surface area contributed by atoms with E-state index in [-0.39, 0.29) is 0 Å². The Morgan fingerprint density at radius 3 is 2.73 bits per heavy atom. The molecule has 0 saturated carbocycles. The topological polar surface area (TPSA) is 58.1 Å². The molecule has 2 N–H and O–H groups in total. The molecule has 1 rings (SSSR count). The number of rotatable bonds is 12. The number of ether oxygens (including phenoxy) is 2. The maximum absolute atomic E-state index is 5.78. The minimum atomic E-state index is 0.521. The van der Waals surface area contributed by atoms with Gasteiger partial charge in [0.15, 0.2) is 5.96 Å². The number of aliphatic imine (C=N–C) groups is 1. The van der Waals surface area contributed by atoms with Crippen LogP contribution in [0.1, 0.15) is 25.8 Å². The lowest BCUT2D eigenvalue weighted by atomic mass is 10.2. The third-order valence-electron chi connectivity index (χ3n) is 3.84. The molecule has 0 radical (unpaired) electrons. The van der Waals surface area contributed by atoms with Crippen LogP contribution in [0, 0.1) is 5.92 Å². The average molecular weight is 365 g/mol. The standard InChI is InChI=1S/C20H36N4O2/c1-17(2)16-26-19-9-6-8-18(14-19)15-23-20(21-3)22-10-12-24(4)11-7-13-25-5/h6,8-9,14,17H,7,10-13,15-16H2,1-5H3,(H2,21,22,23). The third-order valence-corrected chi connectivity index (χ3v) is 3.84. The van der Waals surface area contributed by atoms with Crippen LogP contribution < -0.4 is 15.4 Å². The highest BCUT2D eigenvalue weighted by Crippen LogP contribution is 2.14. The fraction of sp³-hybridized carbons (Fsp3) is 0.650. The molecule has 148 valence electrons. The highest BCUT2D eigenvalue weighted by atomic mass is 16.5. The molecule has 0 spiro atoms. The summed E-state index contributed by atoms with van der Waals surface area (Å²) in [5.74, 6) is 2.25. The molecule has 0 heterocycles. The number of benzene rings is 1. The van der Waals surface area contributed by atoms with E-state index in [9.17, 15) is 0 Å². The van der Waals surface area contributed by atoms with Crippen LogP contribution in [0.4, 0.5) is 0 Å². The van der Waals surface area contributed by atoms with Crippen molar-refractivity contribution in [1.29, 1.82) is 0 Å². The summed E-state index contributed by atoms with van der Waals surface area (Å²) in [5.41, 5.74) is 1.17. The Morgan fingerprint density at radius 2 is 2.04 bits per heavy atom. The summed E-state index contributed by atoms with van der Waals surface area (Å²) in [4.78, 5) is 6.57. The maximum atomic E-state index is 5.78. The van der Waals surface area contributed by atoms with Crippen LogP contribution in [0.5, 0.6) is 5.75 Å². The highest BCUT2D eigenvalue weighted by molar-refractivity contribution is 5.79. The lowest BCUT2D eigenvalue weighted by molar-refractivity contribution is 0.180. The van der Waals surface area contributed by atoms with Gasteiger partial charge in [0.25, 0.3) is 0 Å². The number of hydrogen-bond donors (Lipinski definition) is 2. The van der Waals surface area contributed by atoms with Gasteiger partial charge < -0.3 is 25.0 Å². The number of methoxy groups -OCH3 is 1. The predicted molar refractivity (Wildman–Crippen MR) is 109 cm³/mol. The van der Waals surface area contributed by atoms with Gasteiger partial charge in [-0.15, -0.1) is 0 Å². The highest BCUT2D eigenvalue weighted by Gasteiger charge is 2.03. The van der Waals surface area contributed by atoms with Crippen molar-refractivity contribution in [3.63, 3.8) is 0 Å². The summed E-state index contributed by atoms with van der Waals surface area (Å²) >= 11 is 0. The number of guanidine groups is 1. The second-order valence-electron chi connectivity index (χ2n) is 6.85. The van der Waals surface area contributed by atoms with Crippen LogP contribution in [-0.2, 0) is 11.3 Å². The smallest absolute Gasteiger partial charge is 0.191 e. The fourth-order valence-corrected chi connectivity index (χ4v) is 2.37. The van der Waals surface area contributed by atoms with E-state index in [1.54, 1.807) is 14.2 Å².